The minimum absolute atomic E-state index is 0.0808. The maximum Gasteiger partial charge on any atom is 0.274 e. The lowest BCUT2D eigenvalue weighted by Gasteiger charge is -2.35. The van der Waals surface area contributed by atoms with Crippen molar-refractivity contribution in [1.29, 1.82) is 0 Å². The molecule has 8 nitrogen and oxygen atoms in total. The van der Waals surface area contributed by atoms with Crippen LogP contribution in [0.5, 0.6) is 0 Å². The summed E-state index contributed by atoms with van der Waals surface area (Å²) < 4.78 is 0. The Kier molecular flexibility index (Phi) is 5.56. The maximum atomic E-state index is 12.7. The van der Waals surface area contributed by atoms with E-state index in [-0.39, 0.29) is 5.91 Å². The molecule has 1 aliphatic rings. The number of amides is 1. The van der Waals surface area contributed by atoms with Gasteiger partial charge in [0.1, 0.15) is 11.5 Å². The van der Waals surface area contributed by atoms with E-state index in [9.17, 15) is 4.79 Å². The third-order valence-electron chi connectivity index (χ3n) is 5.04. The van der Waals surface area contributed by atoms with E-state index in [1.165, 1.54) is 5.56 Å². The van der Waals surface area contributed by atoms with Crippen LogP contribution in [-0.4, -0.2) is 56.9 Å². The van der Waals surface area contributed by atoms with Gasteiger partial charge in [-0.05, 0) is 32.9 Å². The predicted octanol–water partition coefficient (Wildman–Crippen LogP) is 2.90. The van der Waals surface area contributed by atoms with Crippen LogP contribution < -0.4 is 10.2 Å². The Hall–Kier alpha value is -3.55. The largest absolute Gasteiger partial charge is 0.353 e. The van der Waals surface area contributed by atoms with Crippen LogP contribution in [0.25, 0.3) is 0 Å². The lowest BCUT2D eigenvalue weighted by molar-refractivity contribution is 0.0740. The predicted molar refractivity (Wildman–Crippen MR) is 116 cm³/mol. The minimum atomic E-state index is -0.0808. The number of carbonyl (C=O) groups excluding carboxylic acids is 1. The van der Waals surface area contributed by atoms with Gasteiger partial charge in [0.15, 0.2) is 0 Å². The summed E-state index contributed by atoms with van der Waals surface area (Å²) in [6.45, 7) is 8.49. The van der Waals surface area contributed by atoms with Crippen molar-refractivity contribution in [3.63, 3.8) is 0 Å². The lowest BCUT2D eigenvalue weighted by Crippen LogP contribution is -2.49. The second kappa shape index (κ2) is 8.44. The topological polar surface area (TPSA) is 87.1 Å². The van der Waals surface area contributed by atoms with E-state index in [0.29, 0.717) is 37.8 Å². The van der Waals surface area contributed by atoms with Crippen molar-refractivity contribution >= 4 is 23.4 Å². The minimum Gasteiger partial charge on any atom is -0.353 e. The lowest BCUT2D eigenvalue weighted by atomic mass is 10.2. The molecule has 3 aromatic rings. The van der Waals surface area contributed by atoms with E-state index < -0.39 is 0 Å². The Morgan fingerprint density at radius 2 is 1.63 bits per heavy atom. The molecule has 0 atom stereocenters. The molecule has 0 radical (unpaired) electrons. The van der Waals surface area contributed by atoms with Crippen LogP contribution in [0, 0.1) is 20.8 Å². The molecule has 30 heavy (non-hydrogen) atoms. The van der Waals surface area contributed by atoms with Gasteiger partial charge >= 0.3 is 0 Å². The Bertz CT molecular complexity index is 1030. The summed E-state index contributed by atoms with van der Waals surface area (Å²) in [5.74, 6) is 1.35. The van der Waals surface area contributed by atoms with Crippen molar-refractivity contribution < 1.29 is 4.79 Å². The van der Waals surface area contributed by atoms with E-state index in [1.807, 2.05) is 49.1 Å². The van der Waals surface area contributed by atoms with Gasteiger partial charge in [0, 0.05) is 49.8 Å². The molecular formula is C22H25N7O. The molecule has 1 aromatic carbocycles. The first-order valence-corrected chi connectivity index (χ1v) is 10.0. The zero-order valence-corrected chi connectivity index (χ0v) is 17.5. The summed E-state index contributed by atoms with van der Waals surface area (Å²) in [4.78, 5) is 34.2. The molecule has 0 aliphatic carbocycles. The number of hydrogen-bond donors (Lipinski definition) is 1. The van der Waals surface area contributed by atoms with Gasteiger partial charge in [-0.25, -0.2) is 9.97 Å². The average molecular weight is 403 g/mol. The van der Waals surface area contributed by atoms with Gasteiger partial charge in [-0.15, -0.1) is 0 Å². The number of piperazine rings is 1. The third kappa shape index (κ3) is 4.53. The normalized spacial score (nSPS) is 14.0. The molecule has 1 aliphatic heterocycles. The SMILES string of the molecule is Cc1ccc(Nc2nc(C)cc(N3CCN(C(=O)c4cnc(C)cn4)CC3)n2)cc1. The zero-order chi connectivity index (χ0) is 21.1. The number of hydrogen-bond acceptors (Lipinski definition) is 7. The van der Waals surface area contributed by atoms with Crippen LogP contribution in [0.15, 0.2) is 42.7 Å². The number of aromatic nitrogens is 4. The third-order valence-corrected chi connectivity index (χ3v) is 5.04. The standard InChI is InChI=1S/C22H25N7O/c1-15-4-6-18(7-5-15)26-22-25-16(2)12-20(27-22)28-8-10-29(11-9-28)21(30)19-14-23-17(3)13-24-19/h4-7,12-14H,8-11H2,1-3H3,(H,25,26,27). The molecule has 1 saturated heterocycles. The molecule has 4 rings (SSSR count). The number of nitrogens with one attached hydrogen (secondary N) is 1. The van der Waals surface area contributed by atoms with Crippen molar-refractivity contribution in [2.24, 2.45) is 0 Å². The molecule has 3 heterocycles. The van der Waals surface area contributed by atoms with Crippen LogP contribution in [0.4, 0.5) is 17.5 Å². The van der Waals surface area contributed by atoms with E-state index in [0.717, 1.165) is 22.9 Å². The Morgan fingerprint density at radius 3 is 2.30 bits per heavy atom. The molecule has 1 fully saturated rings. The number of nitrogens with zero attached hydrogens (tertiary/aromatic N) is 6. The van der Waals surface area contributed by atoms with Crippen molar-refractivity contribution in [1.82, 2.24) is 24.8 Å². The number of anilines is 3. The fourth-order valence-corrected chi connectivity index (χ4v) is 3.34. The van der Waals surface area contributed by atoms with Gasteiger partial charge < -0.3 is 15.1 Å². The molecular weight excluding hydrogens is 378 g/mol. The fourth-order valence-electron chi connectivity index (χ4n) is 3.34. The first kappa shape index (κ1) is 19.8. The zero-order valence-electron chi connectivity index (χ0n) is 17.5. The number of rotatable bonds is 4. The van der Waals surface area contributed by atoms with Crippen LogP contribution >= 0.6 is 0 Å². The summed E-state index contributed by atoms with van der Waals surface area (Å²) in [6.07, 6.45) is 3.16. The highest BCUT2D eigenvalue weighted by molar-refractivity contribution is 5.92. The van der Waals surface area contributed by atoms with Crippen molar-refractivity contribution in [3.8, 4) is 0 Å². The molecule has 154 valence electrons. The van der Waals surface area contributed by atoms with Gasteiger partial charge in [-0.3, -0.25) is 9.78 Å². The van der Waals surface area contributed by atoms with Crippen LogP contribution in [-0.2, 0) is 0 Å². The first-order chi connectivity index (χ1) is 14.5. The van der Waals surface area contributed by atoms with E-state index in [4.69, 9.17) is 4.98 Å². The van der Waals surface area contributed by atoms with E-state index in [1.54, 1.807) is 12.4 Å². The van der Waals surface area contributed by atoms with Gasteiger partial charge in [0.25, 0.3) is 5.91 Å². The van der Waals surface area contributed by atoms with Gasteiger partial charge in [0.2, 0.25) is 5.95 Å². The second-order valence-electron chi connectivity index (χ2n) is 7.50. The number of benzene rings is 1. The van der Waals surface area contributed by atoms with Crippen molar-refractivity contribution in [2.45, 2.75) is 20.8 Å². The van der Waals surface area contributed by atoms with Crippen molar-refractivity contribution in [2.75, 3.05) is 36.4 Å². The summed E-state index contributed by atoms with van der Waals surface area (Å²) in [7, 11) is 0. The maximum absolute atomic E-state index is 12.7. The molecule has 0 bridgehead atoms. The summed E-state index contributed by atoms with van der Waals surface area (Å²) in [6, 6.07) is 10.1. The highest BCUT2D eigenvalue weighted by atomic mass is 16.2. The van der Waals surface area contributed by atoms with Gasteiger partial charge in [-0.2, -0.15) is 4.98 Å². The van der Waals surface area contributed by atoms with Gasteiger partial charge in [-0.1, -0.05) is 17.7 Å². The molecule has 0 saturated carbocycles. The van der Waals surface area contributed by atoms with Gasteiger partial charge in [0.05, 0.1) is 11.9 Å². The molecule has 1 amide bonds. The second-order valence-corrected chi connectivity index (χ2v) is 7.50. The molecule has 2 aromatic heterocycles. The average Bonchev–Trinajstić information content (AvgIpc) is 2.75. The summed E-state index contributed by atoms with van der Waals surface area (Å²) in [5, 5.41) is 3.28. The smallest absolute Gasteiger partial charge is 0.274 e. The summed E-state index contributed by atoms with van der Waals surface area (Å²) >= 11 is 0. The molecule has 0 spiro atoms. The first-order valence-electron chi connectivity index (χ1n) is 10.0. The number of aryl methyl sites for hydroxylation is 3. The molecule has 0 unspecified atom stereocenters. The monoisotopic (exact) mass is 403 g/mol. The van der Waals surface area contributed by atoms with Crippen LogP contribution in [0.2, 0.25) is 0 Å². The number of carbonyl (C=O) groups is 1. The van der Waals surface area contributed by atoms with E-state index in [2.05, 4.69) is 32.1 Å². The van der Waals surface area contributed by atoms with Crippen LogP contribution in [0.1, 0.15) is 27.4 Å². The Balaban J connectivity index is 1.42. The Labute approximate surface area is 176 Å². The highest BCUT2D eigenvalue weighted by Gasteiger charge is 2.24. The fraction of sp³-hybridized carbons (Fsp3) is 0.318. The van der Waals surface area contributed by atoms with Crippen molar-refractivity contribution in [3.05, 3.63) is 65.4 Å². The van der Waals surface area contributed by atoms with E-state index >= 15 is 0 Å². The molecule has 8 heteroatoms. The van der Waals surface area contributed by atoms with Crippen LogP contribution in [0.3, 0.4) is 0 Å². The highest BCUT2D eigenvalue weighted by Crippen LogP contribution is 2.20. The Morgan fingerprint density at radius 1 is 0.900 bits per heavy atom. The molecule has 1 N–H and O–H groups in total. The summed E-state index contributed by atoms with van der Waals surface area (Å²) in [5.41, 5.74) is 4.23. The quantitative estimate of drug-likeness (QED) is 0.717.